The first-order valence-electron chi connectivity index (χ1n) is 9.60. The zero-order valence-electron chi connectivity index (χ0n) is 15.7. The van der Waals surface area contributed by atoms with Gasteiger partial charge in [-0.25, -0.2) is 0 Å². The van der Waals surface area contributed by atoms with Crippen LogP contribution in [0.5, 0.6) is 5.75 Å². The Balaban J connectivity index is 1.21. The van der Waals surface area contributed by atoms with Gasteiger partial charge in [-0.05, 0) is 31.2 Å². The summed E-state index contributed by atoms with van der Waals surface area (Å²) in [4.78, 5) is 17.1. The number of likely N-dealkylation sites (tertiary alicyclic amines) is 1. The maximum absolute atomic E-state index is 12.8. The Kier molecular flexibility index (Phi) is 4.11. The van der Waals surface area contributed by atoms with Crippen LogP contribution in [-0.2, 0) is 4.79 Å². The molecule has 4 heterocycles. The fourth-order valence-electron chi connectivity index (χ4n) is 4.26. The lowest BCUT2D eigenvalue weighted by Crippen LogP contribution is -2.41. The summed E-state index contributed by atoms with van der Waals surface area (Å²) in [5, 5.41) is 12.5. The van der Waals surface area contributed by atoms with Gasteiger partial charge in [0.05, 0.1) is 0 Å². The average Bonchev–Trinajstić information content (AvgIpc) is 3.41. The Hall–Kier alpha value is -3.16. The van der Waals surface area contributed by atoms with E-state index in [1.54, 1.807) is 10.8 Å². The maximum Gasteiger partial charge on any atom is 0.263 e. The first kappa shape index (κ1) is 17.0. The van der Waals surface area contributed by atoms with Crippen LogP contribution in [-0.4, -0.2) is 62.9 Å². The molecule has 1 aromatic carbocycles. The molecule has 2 saturated heterocycles. The number of carbonyl (C=O) groups is 1. The molecule has 3 aromatic rings. The highest BCUT2D eigenvalue weighted by molar-refractivity contribution is 5.81. The van der Waals surface area contributed by atoms with Crippen LogP contribution in [0.15, 0.2) is 48.8 Å². The molecule has 0 saturated carbocycles. The van der Waals surface area contributed by atoms with Crippen molar-refractivity contribution in [1.29, 1.82) is 0 Å². The second kappa shape index (κ2) is 6.78. The van der Waals surface area contributed by atoms with Gasteiger partial charge in [0.25, 0.3) is 5.91 Å². The number of ether oxygens (including phenoxy) is 1. The first-order valence-corrected chi connectivity index (χ1v) is 9.60. The fourth-order valence-corrected chi connectivity index (χ4v) is 4.26. The molecule has 2 aliphatic heterocycles. The normalized spacial score (nSPS) is 22.5. The third kappa shape index (κ3) is 3.04. The molecule has 2 fully saturated rings. The van der Waals surface area contributed by atoms with Gasteiger partial charge in [0.15, 0.2) is 11.8 Å². The summed E-state index contributed by atoms with van der Waals surface area (Å²) in [6.07, 6.45) is 1.14. The molecule has 1 amide bonds. The van der Waals surface area contributed by atoms with Crippen LogP contribution in [0.1, 0.15) is 6.92 Å². The smallest absolute Gasteiger partial charge is 0.263 e. The molecule has 8 nitrogen and oxygen atoms in total. The molecule has 3 atom stereocenters. The largest absolute Gasteiger partial charge is 0.481 e. The lowest BCUT2D eigenvalue weighted by atomic mass is 10.0. The number of hydrogen-bond donors (Lipinski definition) is 0. The van der Waals surface area contributed by atoms with Crippen LogP contribution in [0.2, 0.25) is 0 Å². The molecule has 5 rings (SSSR count). The molecule has 0 bridgehead atoms. The fraction of sp³-hybridized carbons (Fsp3) is 0.400. The van der Waals surface area contributed by atoms with Gasteiger partial charge < -0.3 is 14.5 Å². The Bertz CT molecular complexity index is 977. The topological polar surface area (TPSA) is 75.9 Å². The van der Waals surface area contributed by atoms with E-state index in [4.69, 9.17) is 4.74 Å². The van der Waals surface area contributed by atoms with Gasteiger partial charge in [-0.2, -0.15) is 4.52 Å². The Labute approximate surface area is 162 Å². The molecule has 28 heavy (non-hydrogen) atoms. The van der Waals surface area contributed by atoms with E-state index in [-0.39, 0.29) is 5.91 Å². The average molecular weight is 378 g/mol. The van der Waals surface area contributed by atoms with Crippen molar-refractivity contribution < 1.29 is 9.53 Å². The van der Waals surface area contributed by atoms with Gasteiger partial charge in [0, 0.05) is 38.0 Å². The molecular weight excluding hydrogens is 356 g/mol. The van der Waals surface area contributed by atoms with Crippen LogP contribution in [0.25, 0.3) is 5.65 Å². The molecule has 2 aromatic heterocycles. The molecule has 0 radical (unpaired) electrons. The van der Waals surface area contributed by atoms with E-state index >= 15 is 0 Å². The zero-order chi connectivity index (χ0) is 19.1. The van der Waals surface area contributed by atoms with Crippen molar-refractivity contribution in [3.05, 3.63) is 48.8 Å². The molecule has 0 N–H and O–H groups in total. The third-order valence-electron chi connectivity index (χ3n) is 5.67. The highest BCUT2D eigenvalue weighted by atomic mass is 16.5. The van der Waals surface area contributed by atoms with Gasteiger partial charge in [0.2, 0.25) is 0 Å². The van der Waals surface area contributed by atoms with E-state index in [9.17, 15) is 4.79 Å². The number of rotatable bonds is 4. The predicted molar refractivity (Wildman–Crippen MR) is 103 cm³/mol. The number of nitrogens with zero attached hydrogens (tertiary/aromatic N) is 6. The van der Waals surface area contributed by atoms with Gasteiger partial charge in [-0.1, -0.05) is 18.2 Å². The summed E-state index contributed by atoms with van der Waals surface area (Å²) in [5.41, 5.74) is 0.743. The highest BCUT2D eigenvalue weighted by Crippen LogP contribution is 2.33. The second-order valence-corrected chi connectivity index (χ2v) is 7.57. The van der Waals surface area contributed by atoms with Crippen molar-refractivity contribution in [2.45, 2.75) is 13.0 Å². The number of carbonyl (C=O) groups excluding carboxylic acids is 1. The van der Waals surface area contributed by atoms with Crippen LogP contribution in [0, 0.1) is 11.8 Å². The summed E-state index contributed by atoms with van der Waals surface area (Å²) < 4.78 is 7.50. The van der Waals surface area contributed by atoms with Crippen molar-refractivity contribution >= 4 is 17.4 Å². The van der Waals surface area contributed by atoms with Crippen LogP contribution < -0.4 is 9.64 Å². The Morgan fingerprint density at radius 3 is 2.57 bits per heavy atom. The first-order chi connectivity index (χ1) is 13.7. The summed E-state index contributed by atoms with van der Waals surface area (Å²) in [7, 11) is 0. The SMILES string of the molecule is CC(Oc1ccccc1)C(=O)N1CC2CN(c3ccc4nncn4n3)CC2C1. The lowest BCUT2D eigenvalue weighted by Gasteiger charge is -2.25. The Morgan fingerprint density at radius 2 is 1.82 bits per heavy atom. The number of aromatic nitrogens is 4. The van der Waals surface area contributed by atoms with Crippen molar-refractivity contribution in [2.24, 2.45) is 11.8 Å². The number of hydrogen-bond acceptors (Lipinski definition) is 6. The molecular formula is C20H22N6O2. The van der Waals surface area contributed by atoms with Crippen LogP contribution in [0.3, 0.4) is 0 Å². The standard InChI is InChI=1S/C20H22N6O2/c1-14(28-17-5-3-2-4-6-17)20(27)25-11-15-9-24(10-16(15)12-25)19-8-7-18-22-21-13-26(18)23-19/h2-8,13-16H,9-12H2,1H3. The Morgan fingerprint density at radius 1 is 1.07 bits per heavy atom. The van der Waals surface area contributed by atoms with Gasteiger partial charge >= 0.3 is 0 Å². The molecule has 0 aliphatic carbocycles. The minimum Gasteiger partial charge on any atom is -0.481 e. The highest BCUT2D eigenvalue weighted by Gasteiger charge is 2.43. The summed E-state index contributed by atoms with van der Waals surface area (Å²) in [6.45, 7) is 5.19. The lowest BCUT2D eigenvalue weighted by molar-refractivity contribution is -0.137. The number of para-hydroxylation sites is 1. The van der Waals surface area contributed by atoms with E-state index in [0.29, 0.717) is 11.8 Å². The second-order valence-electron chi connectivity index (χ2n) is 7.57. The monoisotopic (exact) mass is 378 g/mol. The maximum atomic E-state index is 12.8. The van der Waals surface area contributed by atoms with E-state index in [1.165, 1.54) is 0 Å². The van der Waals surface area contributed by atoms with Crippen LogP contribution >= 0.6 is 0 Å². The van der Waals surface area contributed by atoms with Crippen molar-refractivity contribution in [3.8, 4) is 5.75 Å². The number of fused-ring (bicyclic) bond motifs is 2. The quantitative estimate of drug-likeness (QED) is 0.685. The van der Waals surface area contributed by atoms with Gasteiger partial charge in [0.1, 0.15) is 17.9 Å². The van der Waals surface area contributed by atoms with E-state index in [0.717, 1.165) is 43.4 Å². The van der Waals surface area contributed by atoms with E-state index < -0.39 is 6.10 Å². The summed E-state index contributed by atoms with van der Waals surface area (Å²) in [6, 6.07) is 13.4. The number of anilines is 1. The molecule has 8 heteroatoms. The molecule has 144 valence electrons. The van der Waals surface area contributed by atoms with Gasteiger partial charge in [-0.15, -0.1) is 15.3 Å². The zero-order valence-corrected chi connectivity index (χ0v) is 15.7. The summed E-state index contributed by atoms with van der Waals surface area (Å²) >= 11 is 0. The molecule has 2 aliphatic rings. The summed E-state index contributed by atoms with van der Waals surface area (Å²) in [5.74, 6) is 2.65. The third-order valence-corrected chi connectivity index (χ3v) is 5.67. The minimum absolute atomic E-state index is 0.0637. The minimum atomic E-state index is -0.477. The predicted octanol–water partition coefficient (Wildman–Crippen LogP) is 1.49. The number of amides is 1. The van der Waals surface area contributed by atoms with E-state index in [1.807, 2.05) is 54.3 Å². The van der Waals surface area contributed by atoms with Gasteiger partial charge in [-0.3, -0.25) is 4.79 Å². The van der Waals surface area contributed by atoms with Crippen LogP contribution in [0.4, 0.5) is 5.82 Å². The number of benzene rings is 1. The molecule has 0 spiro atoms. The van der Waals surface area contributed by atoms with Crippen molar-refractivity contribution in [1.82, 2.24) is 24.7 Å². The molecule has 3 unspecified atom stereocenters. The van der Waals surface area contributed by atoms with Crippen molar-refractivity contribution in [3.63, 3.8) is 0 Å². The van der Waals surface area contributed by atoms with Crippen molar-refractivity contribution in [2.75, 3.05) is 31.1 Å². The van der Waals surface area contributed by atoms with E-state index in [2.05, 4.69) is 20.2 Å².